The summed E-state index contributed by atoms with van der Waals surface area (Å²) in [4.78, 5) is 35.6. The second kappa shape index (κ2) is 8.48. The van der Waals surface area contributed by atoms with Crippen molar-refractivity contribution in [3.8, 4) is 0 Å². The summed E-state index contributed by atoms with van der Waals surface area (Å²) in [6, 6.07) is 1.53. The monoisotopic (exact) mass is 478 g/mol. The molecule has 3 aromatic rings. The number of aromatic nitrogens is 3. The minimum atomic E-state index is -3.29. The number of piperidine rings is 1. The third kappa shape index (κ3) is 4.28. The molecule has 1 aliphatic rings. The van der Waals surface area contributed by atoms with Gasteiger partial charge in [0, 0.05) is 25.3 Å². The van der Waals surface area contributed by atoms with E-state index in [-0.39, 0.29) is 28.5 Å². The van der Waals surface area contributed by atoms with Crippen molar-refractivity contribution >= 4 is 38.6 Å². The van der Waals surface area contributed by atoms with Crippen molar-refractivity contribution in [2.24, 2.45) is 5.73 Å². The lowest BCUT2D eigenvalue weighted by Gasteiger charge is -2.31. The van der Waals surface area contributed by atoms with Crippen LogP contribution < -0.4 is 11.1 Å². The highest BCUT2D eigenvalue weighted by atomic mass is 32.2. The van der Waals surface area contributed by atoms with Crippen LogP contribution >= 0.6 is 0 Å². The van der Waals surface area contributed by atoms with Crippen molar-refractivity contribution < 1.29 is 26.8 Å². The number of nitrogens with two attached hydrogens (primary N) is 1. The maximum absolute atomic E-state index is 14.8. The summed E-state index contributed by atoms with van der Waals surface area (Å²) < 4.78 is 54.0. The lowest BCUT2D eigenvalue weighted by molar-refractivity contribution is 0.0996. The van der Waals surface area contributed by atoms with Gasteiger partial charge in [-0.3, -0.25) is 9.59 Å². The van der Waals surface area contributed by atoms with Gasteiger partial charge < -0.3 is 16.0 Å². The number of rotatable bonds is 6. The SMILES string of the molecule is CS(=O)(=O)N1CCC(Nc2ncnc3[nH]cc(C(=O)c4c(F)ccc(C(N)=O)c4F)c23)CC1. The molecule has 0 aliphatic carbocycles. The number of primary amides is 1. The van der Waals surface area contributed by atoms with E-state index < -0.39 is 44.5 Å². The van der Waals surface area contributed by atoms with Gasteiger partial charge >= 0.3 is 0 Å². The van der Waals surface area contributed by atoms with Gasteiger partial charge in [0.2, 0.25) is 15.8 Å². The number of H-pyrrole nitrogens is 1. The Bertz CT molecular complexity index is 1370. The second-order valence-electron chi connectivity index (χ2n) is 7.71. The average molecular weight is 478 g/mol. The summed E-state index contributed by atoms with van der Waals surface area (Å²) in [7, 11) is -3.29. The minimum absolute atomic E-state index is 0.0962. The predicted molar refractivity (Wildman–Crippen MR) is 115 cm³/mol. The highest BCUT2D eigenvalue weighted by Crippen LogP contribution is 2.29. The van der Waals surface area contributed by atoms with Crippen molar-refractivity contribution in [3.05, 3.63) is 53.0 Å². The number of nitrogens with zero attached hydrogens (tertiary/aromatic N) is 3. The van der Waals surface area contributed by atoms with Crippen LogP contribution in [0.3, 0.4) is 0 Å². The largest absolute Gasteiger partial charge is 0.367 e. The molecule has 1 aliphatic heterocycles. The van der Waals surface area contributed by atoms with Crippen LogP contribution in [0.15, 0.2) is 24.7 Å². The molecular formula is C20H20F2N6O4S. The molecule has 13 heteroatoms. The number of sulfonamides is 1. The molecule has 0 radical (unpaired) electrons. The fourth-order valence-corrected chi connectivity index (χ4v) is 4.74. The van der Waals surface area contributed by atoms with Crippen LogP contribution in [0.25, 0.3) is 11.0 Å². The van der Waals surface area contributed by atoms with Gasteiger partial charge in [0.1, 0.15) is 29.4 Å². The van der Waals surface area contributed by atoms with Gasteiger partial charge in [-0.15, -0.1) is 0 Å². The Kier molecular flexibility index (Phi) is 5.84. The lowest BCUT2D eigenvalue weighted by atomic mass is 9.99. The Labute approximate surface area is 187 Å². The van der Waals surface area contributed by atoms with Crippen molar-refractivity contribution in [2.75, 3.05) is 24.7 Å². The zero-order chi connectivity index (χ0) is 23.9. The highest BCUT2D eigenvalue weighted by molar-refractivity contribution is 7.88. The minimum Gasteiger partial charge on any atom is -0.367 e. The Morgan fingerprint density at radius 1 is 1.18 bits per heavy atom. The second-order valence-corrected chi connectivity index (χ2v) is 9.69. The number of anilines is 1. The summed E-state index contributed by atoms with van der Waals surface area (Å²) >= 11 is 0. The number of halogens is 2. The van der Waals surface area contributed by atoms with E-state index in [1.165, 1.54) is 16.8 Å². The Morgan fingerprint density at radius 3 is 2.52 bits per heavy atom. The predicted octanol–water partition coefficient (Wildman–Crippen LogP) is 1.40. The number of carbonyl (C=O) groups is 2. The number of carbonyl (C=O) groups excluding carboxylic acids is 2. The first-order valence-corrected chi connectivity index (χ1v) is 11.8. The maximum atomic E-state index is 14.8. The number of ketones is 1. The number of amides is 1. The fourth-order valence-electron chi connectivity index (χ4n) is 3.86. The van der Waals surface area contributed by atoms with E-state index in [1.54, 1.807) is 0 Å². The fraction of sp³-hybridized carbons (Fsp3) is 0.300. The number of hydrogen-bond acceptors (Lipinski definition) is 7. The summed E-state index contributed by atoms with van der Waals surface area (Å²) in [5.41, 5.74) is 3.76. The molecule has 4 rings (SSSR count). The molecule has 1 amide bonds. The summed E-state index contributed by atoms with van der Waals surface area (Å²) in [5.74, 6) is -4.37. The first-order valence-electron chi connectivity index (χ1n) is 9.94. The number of hydrogen-bond donors (Lipinski definition) is 3. The van der Waals surface area contributed by atoms with Gasteiger partial charge in [-0.1, -0.05) is 0 Å². The molecule has 174 valence electrons. The van der Waals surface area contributed by atoms with Crippen LogP contribution in [-0.4, -0.2) is 64.8 Å². The molecule has 0 spiro atoms. The van der Waals surface area contributed by atoms with Gasteiger partial charge in [0.15, 0.2) is 0 Å². The Hall–Kier alpha value is -3.45. The van der Waals surface area contributed by atoms with E-state index in [2.05, 4.69) is 20.3 Å². The molecule has 0 atom stereocenters. The summed E-state index contributed by atoms with van der Waals surface area (Å²) in [6.45, 7) is 0.639. The van der Waals surface area contributed by atoms with Gasteiger partial charge in [-0.25, -0.2) is 31.5 Å². The van der Waals surface area contributed by atoms with Crippen molar-refractivity contribution in [1.82, 2.24) is 19.3 Å². The molecule has 0 bridgehead atoms. The third-order valence-corrected chi connectivity index (χ3v) is 6.87. The number of fused-ring (bicyclic) bond motifs is 1. The third-order valence-electron chi connectivity index (χ3n) is 5.56. The molecule has 10 nitrogen and oxygen atoms in total. The zero-order valence-corrected chi connectivity index (χ0v) is 18.2. The van der Waals surface area contributed by atoms with Crippen LogP contribution in [0, 0.1) is 11.6 Å². The van der Waals surface area contributed by atoms with E-state index in [1.807, 2.05) is 0 Å². The lowest BCUT2D eigenvalue weighted by Crippen LogP contribution is -2.41. The van der Waals surface area contributed by atoms with Gasteiger partial charge in [0.05, 0.1) is 28.3 Å². The standard InChI is InChI=1S/C20H20F2N6O4S/c1-33(31,32)28-6-4-10(5-7-28)27-20-14-12(8-24-19(14)25-9-26-20)17(29)15-13(21)3-2-11(16(15)22)18(23)30/h2-3,8-10H,4-7H2,1H3,(H2,23,30)(H2,24,25,26,27). The van der Waals surface area contributed by atoms with E-state index in [4.69, 9.17) is 5.73 Å². The molecule has 1 fully saturated rings. The molecule has 1 aromatic carbocycles. The average Bonchev–Trinajstić information content (AvgIpc) is 3.18. The van der Waals surface area contributed by atoms with Crippen molar-refractivity contribution in [3.63, 3.8) is 0 Å². The summed E-state index contributed by atoms with van der Waals surface area (Å²) in [6.07, 6.45) is 4.66. The molecule has 2 aromatic heterocycles. The topological polar surface area (TPSA) is 151 Å². The van der Waals surface area contributed by atoms with Gasteiger partial charge in [-0.05, 0) is 25.0 Å². The van der Waals surface area contributed by atoms with E-state index in [0.717, 1.165) is 18.4 Å². The number of nitrogens with one attached hydrogen (secondary N) is 2. The van der Waals surface area contributed by atoms with Crippen molar-refractivity contribution in [2.45, 2.75) is 18.9 Å². The van der Waals surface area contributed by atoms with E-state index >= 15 is 0 Å². The van der Waals surface area contributed by atoms with E-state index in [0.29, 0.717) is 25.9 Å². The Balaban J connectivity index is 1.69. The molecule has 0 unspecified atom stereocenters. The Morgan fingerprint density at radius 2 is 1.88 bits per heavy atom. The number of benzene rings is 1. The van der Waals surface area contributed by atoms with Crippen LogP contribution in [0.2, 0.25) is 0 Å². The molecule has 33 heavy (non-hydrogen) atoms. The van der Waals surface area contributed by atoms with Gasteiger partial charge in [0.25, 0.3) is 5.91 Å². The van der Waals surface area contributed by atoms with E-state index in [9.17, 15) is 26.8 Å². The zero-order valence-electron chi connectivity index (χ0n) is 17.4. The molecule has 4 N–H and O–H groups in total. The molecule has 0 saturated carbocycles. The first kappa shape index (κ1) is 22.7. The first-order chi connectivity index (χ1) is 15.6. The van der Waals surface area contributed by atoms with Crippen molar-refractivity contribution in [1.29, 1.82) is 0 Å². The highest BCUT2D eigenvalue weighted by Gasteiger charge is 2.29. The van der Waals surface area contributed by atoms with Crippen LogP contribution in [0.5, 0.6) is 0 Å². The summed E-state index contributed by atoms with van der Waals surface area (Å²) in [5, 5.41) is 3.40. The maximum Gasteiger partial charge on any atom is 0.251 e. The number of aromatic amines is 1. The molecule has 1 saturated heterocycles. The molecular weight excluding hydrogens is 458 g/mol. The quantitative estimate of drug-likeness (QED) is 0.453. The molecule has 3 heterocycles. The van der Waals surface area contributed by atoms with Crippen LogP contribution in [0.4, 0.5) is 14.6 Å². The van der Waals surface area contributed by atoms with Gasteiger partial charge in [-0.2, -0.15) is 0 Å². The smallest absolute Gasteiger partial charge is 0.251 e. The van der Waals surface area contributed by atoms with Crippen LogP contribution in [-0.2, 0) is 10.0 Å². The van der Waals surface area contributed by atoms with Crippen LogP contribution in [0.1, 0.15) is 39.1 Å². The normalized spacial score (nSPS) is 15.6.